The highest BCUT2D eigenvalue weighted by Gasteiger charge is 2.25. The second kappa shape index (κ2) is 9.03. The van der Waals surface area contributed by atoms with Crippen molar-refractivity contribution in [1.29, 1.82) is 0 Å². The van der Waals surface area contributed by atoms with Crippen molar-refractivity contribution in [3.8, 4) is 11.5 Å². The molecule has 1 N–H and O–H groups in total. The average molecular weight is 390 g/mol. The first kappa shape index (κ1) is 20.9. The minimum Gasteiger partial charge on any atom is -0.493 e. The van der Waals surface area contributed by atoms with E-state index in [0.717, 1.165) is 0 Å². The van der Waals surface area contributed by atoms with E-state index in [0.29, 0.717) is 0 Å². The Morgan fingerprint density at radius 2 is 1.64 bits per heavy atom. The number of nitrogens with one attached hydrogen (secondary N) is 1. The molecule has 2 rings (SSSR count). The van der Waals surface area contributed by atoms with Crippen LogP contribution in [0.1, 0.15) is 41.6 Å². The maximum absolute atomic E-state index is 12.6. The molecule has 0 aliphatic heterocycles. The molecule has 1 aromatic carbocycles. The van der Waals surface area contributed by atoms with Crippen molar-refractivity contribution in [2.24, 2.45) is 0 Å². The van der Waals surface area contributed by atoms with Crippen molar-refractivity contribution in [3.05, 3.63) is 23.4 Å². The summed E-state index contributed by atoms with van der Waals surface area (Å²) in [5, 5.41) is 2.91. The van der Waals surface area contributed by atoms with Crippen LogP contribution in [0.3, 0.4) is 0 Å². The number of aromatic nitrogens is 1. The Labute approximate surface area is 161 Å². The molecule has 1 aromatic heterocycles. The van der Waals surface area contributed by atoms with Gasteiger partial charge in [-0.15, -0.1) is 0 Å². The van der Waals surface area contributed by atoms with Gasteiger partial charge in [-0.1, -0.05) is 0 Å². The number of amides is 1. The van der Waals surface area contributed by atoms with E-state index in [1.165, 1.54) is 33.3 Å². The molecular weight excluding hydrogens is 368 g/mol. The normalized spacial score (nSPS) is 10.3. The molecule has 1 heterocycles. The molecule has 1 amide bonds. The zero-order chi connectivity index (χ0) is 20.8. The highest BCUT2D eigenvalue weighted by molar-refractivity contribution is 6.14. The predicted molar refractivity (Wildman–Crippen MR) is 101 cm³/mol. The number of benzene rings is 1. The average Bonchev–Trinajstić information content (AvgIpc) is 2.66. The summed E-state index contributed by atoms with van der Waals surface area (Å²) >= 11 is 0. The fourth-order valence-corrected chi connectivity index (χ4v) is 2.68. The first-order valence-corrected chi connectivity index (χ1v) is 8.59. The standard InChI is InChI=1S/C19H22N2O7/c1-6-27-18(23)11-8-13(19(24)28-7-2)21-16-15(11)12(20-10(3)22)9-14(25-4)17(16)26-5/h8-9H,6-7H2,1-5H3,(H,20,22). The Morgan fingerprint density at radius 1 is 1.00 bits per heavy atom. The zero-order valence-electron chi connectivity index (χ0n) is 16.4. The van der Waals surface area contributed by atoms with Gasteiger partial charge >= 0.3 is 11.9 Å². The molecule has 9 nitrogen and oxygen atoms in total. The number of hydrogen-bond acceptors (Lipinski definition) is 8. The number of methoxy groups -OCH3 is 2. The number of pyridine rings is 1. The van der Waals surface area contributed by atoms with Gasteiger partial charge in [-0.25, -0.2) is 14.6 Å². The number of hydrogen-bond donors (Lipinski definition) is 1. The summed E-state index contributed by atoms with van der Waals surface area (Å²) in [6.07, 6.45) is 0. The zero-order valence-corrected chi connectivity index (χ0v) is 16.4. The lowest BCUT2D eigenvalue weighted by atomic mass is 10.0. The number of ether oxygens (including phenoxy) is 4. The van der Waals surface area contributed by atoms with Crippen LogP contribution < -0.4 is 14.8 Å². The summed E-state index contributed by atoms with van der Waals surface area (Å²) in [5.74, 6) is -1.29. The van der Waals surface area contributed by atoms with Gasteiger partial charge in [0.15, 0.2) is 11.5 Å². The monoisotopic (exact) mass is 390 g/mol. The Morgan fingerprint density at radius 3 is 2.18 bits per heavy atom. The van der Waals surface area contributed by atoms with Crippen molar-refractivity contribution in [1.82, 2.24) is 4.98 Å². The van der Waals surface area contributed by atoms with Gasteiger partial charge < -0.3 is 24.3 Å². The third-order valence-electron chi connectivity index (χ3n) is 3.72. The van der Waals surface area contributed by atoms with Gasteiger partial charge in [0.05, 0.1) is 38.7 Å². The van der Waals surface area contributed by atoms with Crippen molar-refractivity contribution < 1.29 is 33.3 Å². The van der Waals surface area contributed by atoms with Gasteiger partial charge in [0.2, 0.25) is 5.91 Å². The molecule has 150 valence electrons. The minimum atomic E-state index is -0.708. The lowest BCUT2D eigenvalue weighted by molar-refractivity contribution is -0.114. The van der Waals surface area contributed by atoms with Gasteiger partial charge in [-0.2, -0.15) is 0 Å². The number of rotatable bonds is 7. The Hall–Kier alpha value is -3.36. The van der Waals surface area contributed by atoms with Crippen molar-refractivity contribution in [3.63, 3.8) is 0 Å². The number of carbonyl (C=O) groups excluding carboxylic acids is 3. The van der Waals surface area contributed by atoms with Gasteiger partial charge in [0, 0.05) is 18.4 Å². The molecule has 0 atom stereocenters. The highest BCUT2D eigenvalue weighted by Crippen LogP contribution is 2.41. The summed E-state index contributed by atoms with van der Waals surface area (Å²) in [6, 6.07) is 2.78. The highest BCUT2D eigenvalue weighted by atomic mass is 16.5. The van der Waals surface area contributed by atoms with Crippen LogP contribution in [0.5, 0.6) is 11.5 Å². The Balaban J connectivity index is 2.95. The summed E-state index contributed by atoms with van der Waals surface area (Å²) < 4.78 is 20.8. The van der Waals surface area contributed by atoms with Gasteiger partial charge in [0.25, 0.3) is 0 Å². The number of esters is 2. The van der Waals surface area contributed by atoms with Crippen LogP contribution >= 0.6 is 0 Å². The molecule has 0 unspecified atom stereocenters. The Kier molecular flexibility index (Phi) is 6.75. The third-order valence-corrected chi connectivity index (χ3v) is 3.72. The smallest absolute Gasteiger partial charge is 0.356 e. The fraction of sp³-hybridized carbons (Fsp3) is 0.368. The molecule has 0 saturated carbocycles. The van der Waals surface area contributed by atoms with E-state index in [1.807, 2.05) is 0 Å². The summed E-state index contributed by atoms with van der Waals surface area (Å²) in [6.45, 7) is 4.91. The lowest BCUT2D eigenvalue weighted by Crippen LogP contribution is -2.14. The van der Waals surface area contributed by atoms with Crippen LogP contribution in [0, 0.1) is 0 Å². The molecule has 0 bridgehead atoms. The van der Waals surface area contributed by atoms with Crippen LogP contribution in [0.15, 0.2) is 12.1 Å². The molecular formula is C19H22N2O7. The first-order valence-electron chi connectivity index (χ1n) is 8.59. The van der Waals surface area contributed by atoms with Crippen LogP contribution in [-0.4, -0.2) is 50.3 Å². The van der Waals surface area contributed by atoms with Gasteiger partial charge in [0.1, 0.15) is 11.2 Å². The maximum Gasteiger partial charge on any atom is 0.356 e. The summed E-state index contributed by atoms with van der Waals surface area (Å²) in [4.78, 5) is 40.8. The second-order valence-corrected chi connectivity index (χ2v) is 5.56. The lowest BCUT2D eigenvalue weighted by Gasteiger charge is -2.17. The largest absolute Gasteiger partial charge is 0.493 e. The van der Waals surface area contributed by atoms with Crippen LogP contribution in [0.4, 0.5) is 5.69 Å². The molecule has 9 heteroatoms. The molecule has 0 spiro atoms. The van der Waals surface area contributed by atoms with Crippen molar-refractivity contribution in [2.75, 3.05) is 32.8 Å². The number of carbonyl (C=O) groups is 3. The van der Waals surface area contributed by atoms with Crippen molar-refractivity contribution in [2.45, 2.75) is 20.8 Å². The molecule has 0 aliphatic rings. The quantitative estimate of drug-likeness (QED) is 0.718. The van der Waals surface area contributed by atoms with Crippen LogP contribution in [0.25, 0.3) is 10.9 Å². The SMILES string of the molecule is CCOC(=O)c1cc(C(=O)OCC)c2c(NC(C)=O)cc(OC)c(OC)c2n1. The van der Waals surface area contributed by atoms with Gasteiger partial charge in [-0.05, 0) is 19.9 Å². The Bertz CT molecular complexity index is 924. The molecule has 0 aliphatic carbocycles. The van der Waals surface area contributed by atoms with E-state index in [-0.39, 0.29) is 58.5 Å². The summed E-state index contributed by atoms with van der Waals surface area (Å²) in [5.41, 5.74) is 0.364. The third kappa shape index (κ3) is 4.13. The summed E-state index contributed by atoms with van der Waals surface area (Å²) in [7, 11) is 2.82. The molecule has 28 heavy (non-hydrogen) atoms. The van der Waals surface area contributed by atoms with Crippen LogP contribution in [-0.2, 0) is 14.3 Å². The minimum absolute atomic E-state index is 0.0413. The van der Waals surface area contributed by atoms with E-state index in [4.69, 9.17) is 18.9 Å². The van der Waals surface area contributed by atoms with Crippen molar-refractivity contribution >= 4 is 34.4 Å². The molecule has 0 fully saturated rings. The predicted octanol–water partition coefficient (Wildman–Crippen LogP) is 2.56. The van der Waals surface area contributed by atoms with E-state index in [2.05, 4.69) is 10.3 Å². The molecule has 2 aromatic rings. The van der Waals surface area contributed by atoms with E-state index < -0.39 is 11.9 Å². The number of nitrogens with zero attached hydrogens (tertiary/aromatic N) is 1. The maximum atomic E-state index is 12.6. The second-order valence-electron chi connectivity index (χ2n) is 5.56. The van der Waals surface area contributed by atoms with E-state index in [1.54, 1.807) is 13.8 Å². The molecule has 0 radical (unpaired) electrons. The van der Waals surface area contributed by atoms with Crippen LogP contribution in [0.2, 0.25) is 0 Å². The number of anilines is 1. The van der Waals surface area contributed by atoms with E-state index in [9.17, 15) is 14.4 Å². The topological polar surface area (TPSA) is 113 Å². The fourth-order valence-electron chi connectivity index (χ4n) is 2.68. The first-order chi connectivity index (χ1) is 13.4. The van der Waals surface area contributed by atoms with Gasteiger partial charge in [-0.3, -0.25) is 4.79 Å². The number of fused-ring (bicyclic) bond motifs is 1. The molecule has 0 saturated heterocycles. The van der Waals surface area contributed by atoms with E-state index >= 15 is 0 Å².